The van der Waals surface area contributed by atoms with E-state index < -0.39 is 0 Å². The third-order valence-corrected chi connectivity index (χ3v) is 11.6. The van der Waals surface area contributed by atoms with Gasteiger partial charge in [0, 0.05) is 0 Å². The van der Waals surface area contributed by atoms with Crippen molar-refractivity contribution < 1.29 is 0 Å². The topological polar surface area (TPSA) is 0 Å². The van der Waals surface area contributed by atoms with Crippen LogP contribution < -0.4 is 0 Å². The van der Waals surface area contributed by atoms with Gasteiger partial charge in [-0.05, 0) is 122 Å². The highest BCUT2D eigenvalue weighted by Crippen LogP contribution is 2.48. The van der Waals surface area contributed by atoms with Gasteiger partial charge in [-0.15, -0.1) is 0 Å². The van der Waals surface area contributed by atoms with E-state index in [1.54, 1.807) is 0 Å². The van der Waals surface area contributed by atoms with Gasteiger partial charge in [-0.2, -0.15) is 0 Å². The van der Waals surface area contributed by atoms with Crippen LogP contribution in [-0.4, -0.2) is 0 Å². The molecule has 56 heavy (non-hydrogen) atoms. The largest absolute Gasteiger partial charge is 0.0622 e. The summed E-state index contributed by atoms with van der Waals surface area (Å²) in [7, 11) is 0. The lowest BCUT2D eigenvalue weighted by Gasteiger charge is -2.20. The van der Waals surface area contributed by atoms with Gasteiger partial charge in [-0.3, -0.25) is 0 Å². The summed E-state index contributed by atoms with van der Waals surface area (Å²) in [5.74, 6) is 0. The van der Waals surface area contributed by atoms with Crippen molar-refractivity contribution in [3.05, 3.63) is 218 Å². The van der Waals surface area contributed by atoms with Crippen molar-refractivity contribution in [2.45, 2.75) is 0 Å². The van der Waals surface area contributed by atoms with Gasteiger partial charge in [0.1, 0.15) is 0 Å². The molecular weight excluding hydrogens is 673 g/mol. The minimum atomic E-state index is 1.20. The molecule has 11 aromatic rings. The van der Waals surface area contributed by atoms with Gasteiger partial charge in [0.2, 0.25) is 0 Å². The zero-order valence-electron chi connectivity index (χ0n) is 30.8. The number of rotatable bonds is 5. The molecule has 0 aliphatic heterocycles. The molecule has 0 saturated heterocycles. The molecule has 0 bridgehead atoms. The summed E-state index contributed by atoms with van der Waals surface area (Å²) < 4.78 is 0. The maximum atomic E-state index is 2.45. The predicted molar refractivity (Wildman–Crippen MR) is 241 cm³/mol. The predicted octanol–water partition coefficient (Wildman–Crippen LogP) is 15.8. The minimum Gasteiger partial charge on any atom is -0.0622 e. The summed E-state index contributed by atoms with van der Waals surface area (Å²) in [5.41, 5.74) is 12.4. The molecule has 0 amide bonds. The molecule has 0 N–H and O–H groups in total. The van der Waals surface area contributed by atoms with Gasteiger partial charge >= 0.3 is 0 Å². The fourth-order valence-electron chi connectivity index (χ4n) is 9.20. The first-order valence-corrected chi connectivity index (χ1v) is 19.4. The molecular formula is C56H36. The summed E-state index contributed by atoms with van der Waals surface area (Å²) in [6.45, 7) is 0. The van der Waals surface area contributed by atoms with Crippen molar-refractivity contribution in [2.24, 2.45) is 0 Å². The quantitative estimate of drug-likeness (QED) is 0.156. The van der Waals surface area contributed by atoms with Crippen molar-refractivity contribution in [1.29, 1.82) is 0 Å². The third kappa shape index (κ3) is 5.15. The van der Waals surface area contributed by atoms with Crippen molar-refractivity contribution in [3.63, 3.8) is 0 Å². The monoisotopic (exact) mass is 708 g/mol. The smallest absolute Gasteiger partial charge is 0.00199 e. The highest BCUT2D eigenvalue weighted by atomic mass is 14.2. The molecule has 0 aliphatic rings. The Labute approximate surface area is 326 Å². The lowest BCUT2D eigenvalue weighted by atomic mass is 9.83. The standard InChI is InChI=1S/C56H36/c1-4-18-38(19-5-1)53-45-26-12-13-27-46(45)55(40-22-8-3-9-23-40)51-35-41(31-33-49(51)53)42-32-34-50-52(36-42)56(44-30-16-24-37-17-10-11-25-43(37)44)48-29-15-14-28-47(48)54(50)39-20-6-2-7-21-39/h1-36H. The van der Waals surface area contributed by atoms with Crippen LogP contribution in [0.15, 0.2) is 218 Å². The molecule has 0 aliphatic carbocycles. The van der Waals surface area contributed by atoms with Gasteiger partial charge in [0.25, 0.3) is 0 Å². The average molecular weight is 709 g/mol. The van der Waals surface area contributed by atoms with Gasteiger partial charge < -0.3 is 0 Å². The van der Waals surface area contributed by atoms with E-state index >= 15 is 0 Å². The number of hydrogen-bond acceptors (Lipinski definition) is 0. The molecule has 0 fully saturated rings. The van der Waals surface area contributed by atoms with Crippen LogP contribution in [0.4, 0.5) is 0 Å². The number of hydrogen-bond donors (Lipinski definition) is 0. The molecule has 0 heterocycles. The van der Waals surface area contributed by atoms with Gasteiger partial charge in [-0.1, -0.05) is 206 Å². The van der Waals surface area contributed by atoms with Crippen LogP contribution in [0.1, 0.15) is 0 Å². The van der Waals surface area contributed by atoms with Crippen LogP contribution in [-0.2, 0) is 0 Å². The van der Waals surface area contributed by atoms with Crippen molar-refractivity contribution in [3.8, 4) is 55.6 Å². The molecule has 0 unspecified atom stereocenters. The second-order valence-corrected chi connectivity index (χ2v) is 14.7. The maximum absolute atomic E-state index is 2.45. The summed E-state index contributed by atoms with van der Waals surface area (Å²) in [6.07, 6.45) is 0. The Kier molecular flexibility index (Phi) is 7.60. The Morgan fingerprint density at radius 3 is 1.00 bits per heavy atom. The fourth-order valence-corrected chi connectivity index (χ4v) is 9.20. The lowest BCUT2D eigenvalue weighted by Crippen LogP contribution is -1.93. The normalized spacial score (nSPS) is 11.6. The summed E-state index contributed by atoms with van der Waals surface area (Å²) >= 11 is 0. The van der Waals surface area contributed by atoms with Crippen molar-refractivity contribution >= 4 is 53.9 Å². The maximum Gasteiger partial charge on any atom is -0.00199 e. The van der Waals surface area contributed by atoms with E-state index in [2.05, 4.69) is 218 Å². The summed E-state index contributed by atoms with van der Waals surface area (Å²) in [5, 5.41) is 12.6. The van der Waals surface area contributed by atoms with Crippen LogP contribution in [0.5, 0.6) is 0 Å². The zero-order valence-corrected chi connectivity index (χ0v) is 30.8. The van der Waals surface area contributed by atoms with E-state index in [4.69, 9.17) is 0 Å². The Morgan fingerprint density at radius 1 is 0.179 bits per heavy atom. The van der Waals surface area contributed by atoms with Crippen LogP contribution >= 0.6 is 0 Å². The second-order valence-electron chi connectivity index (χ2n) is 14.7. The van der Waals surface area contributed by atoms with E-state index in [0.717, 1.165) is 0 Å². The number of benzene rings is 11. The molecule has 0 radical (unpaired) electrons. The van der Waals surface area contributed by atoms with E-state index in [0.29, 0.717) is 0 Å². The van der Waals surface area contributed by atoms with E-state index in [-0.39, 0.29) is 0 Å². The first-order valence-electron chi connectivity index (χ1n) is 19.4. The highest BCUT2D eigenvalue weighted by Gasteiger charge is 2.20. The van der Waals surface area contributed by atoms with Crippen molar-refractivity contribution in [2.75, 3.05) is 0 Å². The highest BCUT2D eigenvalue weighted by molar-refractivity contribution is 6.25. The second kappa shape index (κ2) is 13.2. The molecule has 0 spiro atoms. The molecule has 0 nitrogen and oxygen atoms in total. The Morgan fingerprint density at radius 2 is 0.518 bits per heavy atom. The fraction of sp³-hybridized carbons (Fsp3) is 0. The number of fused-ring (bicyclic) bond motifs is 5. The van der Waals surface area contributed by atoms with Gasteiger partial charge in [0.15, 0.2) is 0 Å². The SMILES string of the molecule is c1ccc(-c2c3ccccc3c(-c3ccccc3)c3cc(-c4ccc5c(-c6ccccc6)c6ccccc6c(-c6cccc7ccccc67)c5c4)ccc23)cc1. The summed E-state index contributed by atoms with van der Waals surface area (Å²) in [6, 6.07) is 80.3. The molecule has 0 atom stereocenters. The van der Waals surface area contributed by atoms with E-state index in [1.165, 1.54) is 109 Å². The molecule has 260 valence electrons. The lowest BCUT2D eigenvalue weighted by molar-refractivity contribution is 1.63. The van der Waals surface area contributed by atoms with E-state index in [1.807, 2.05) is 0 Å². The Balaban J connectivity index is 1.25. The first kappa shape index (κ1) is 32.2. The van der Waals surface area contributed by atoms with Gasteiger partial charge in [-0.25, -0.2) is 0 Å². The van der Waals surface area contributed by atoms with Crippen LogP contribution in [0, 0.1) is 0 Å². The van der Waals surface area contributed by atoms with E-state index in [9.17, 15) is 0 Å². The summed E-state index contributed by atoms with van der Waals surface area (Å²) in [4.78, 5) is 0. The van der Waals surface area contributed by atoms with Gasteiger partial charge in [0.05, 0.1) is 0 Å². The third-order valence-electron chi connectivity index (χ3n) is 11.6. The molecule has 0 aromatic heterocycles. The molecule has 0 saturated carbocycles. The molecule has 0 heteroatoms. The molecule has 11 rings (SSSR count). The zero-order chi connectivity index (χ0) is 37.0. The first-order chi connectivity index (χ1) is 27.8. The average Bonchev–Trinajstić information content (AvgIpc) is 3.27. The van der Waals surface area contributed by atoms with Crippen LogP contribution in [0.25, 0.3) is 109 Å². The van der Waals surface area contributed by atoms with Crippen LogP contribution in [0.3, 0.4) is 0 Å². The Hall–Kier alpha value is -7.28. The minimum absolute atomic E-state index is 1.20. The van der Waals surface area contributed by atoms with Crippen molar-refractivity contribution in [1.82, 2.24) is 0 Å². The Bertz CT molecular complexity index is 3260. The molecule has 11 aromatic carbocycles. The van der Waals surface area contributed by atoms with Crippen LogP contribution in [0.2, 0.25) is 0 Å².